The van der Waals surface area contributed by atoms with E-state index >= 15 is 0 Å². The lowest BCUT2D eigenvalue weighted by Crippen LogP contribution is -2.22. The van der Waals surface area contributed by atoms with E-state index in [1.807, 2.05) is 0 Å². The first-order chi connectivity index (χ1) is 12.9. The Balaban J connectivity index is 1.33. The lowest BCUT2D eigenvalue weighted by Gasteiger charge is -2.21. The van der Waals surface area contributed by atoms with Crippen LogP contribution in [0, 0.1) is 23.7 Å². The van der Waals surface area contributed by atoms with E-state index in [4.69, 9.17) is 18.9 Å². The van der Waals surface area contributed by atoms with E-state index in [-0.39, 0.29) is 12.6 Å². The Morgan fingerprint density at radius 3 is 1.54 bits per heavy atom. The van der Waals surface area contributed by atoms with Crippen LogP contribution in [-0.4, -0.2) is 39.0 Å². The van der Waals surface area contributed by atoms with Gasteiger partial charge in [-0.1, -0.05) is 24.7 Å². The van der Waals surface area contributed by atoms with Crippen LogP contribution in [0.3, 0.4) is 0 Å². The van der Waals surface area contributed by atoms with Crippen molar-refractivity contribution in [2.24, 2.45) is 0 Å². The maximum atomic E-state index is 5.58. The highest BCUT2D eigenvalue weighted by Crippen LogP contribution is 2.14. The van der Waals surface area contributed by atoms with Crippen molar-refractivity contribution in [2.75, 3.05) is 26.4 Å². The first-order valence-electron chi connectivity index (χ1n) is 10.3. The minimum absolute atomic E-state index is 0.0280. The summed E-state index contributed by atoms with van der Waals surface area (Å²) in [6, 6.07) is 0. The molecule has 0 bridgehead atoms. The van der Waals surface area contributed by atoms with Crippen LogP contribution in [0.5, 0.6) is 0 Å². The van der Waals surface area contributed by atoms with Gasteiger partial charge in [0.05, 0.1) is 0 Å². The Bertz CT molecular complexity index is 412. The van der Waals surface area contributed by atoms with Crippen molar-refractivity contribution in [2.45, 2.75) is 89.6 Å². The molecule has 0 aliphatic carbocycles. The fourth-order valence-electron chi connectivity index (χ4n) is 3.01. The van der Waals surface area contributed by atoms with Crippen LogP contribution in [-0.2, 0) is 18.9 Å². The summed E-state index contributed by atoms with van der Waals surface area (Å²) in [6.45, 7) is 2.64. The van der Waals surface area contributed by atoms with Crippen LogP contribution in [0.1, 0.15) is 77.0 Å². The van der Waals surface area contributed by atoms with E-state index in [0.29, 0.717) is 13.2 Å². The molecule has 0 amide bonds. The number of unbranched alkanes of at least 4 members (excludes halogenated alkanes) is 5. The molecule has 4 nitrogen and oxygen atoms in total. The molecule has 0 saturated carbocycles. The van der Waals surface area contributed by atoms with Crippen molar-refractivity contribution in [1.82, 2.24) is 0 Å². The van der Waals surface area contributed by atoms with Crippen molar-refractivity contribution >= 4 is 0 Å². The standard InChI is InChI=1S/C22H34O4/c1(3-5-7-11-17-23-21-15-9-13-19-25-21)2-4-6-8-12-18-24-22-16-10-14-20-26-22/h21-22H,1-6,9-10,13-20H2. The molecule has 2 atom stereocenters. The monoisotopic (exact) mass is 362 g/mol. The average molecular weight is 363 g/mol. The van der Waals surface area contributed by atoms with Crippen LogP contribution >= 0.6 is 0 Å². The van der Waals surface area contributed by atoms with Gasteiger partial charge in [-0.15, -0.1) is 11.8 Å². The van der Waals surface area contributed by atoms with Crippen LogP contribution < -0.4 is 0 Å². The molecule has 2 heterocycles. The van der Waals surface area contributed by atoms with E-state index in [1.54, 1.807) is 0 Å². The van der Waals surface area contributed by atoms with Crippen LogP contribution in [0.4, 0.5) is 0 Å². The highest BCUT2D eigenvalue weighted by atomic mass is 16.7. The van der Waals surface area contributed by atoms with Gasteiger partial charge in [0, 0.05) is 26.1 Å². The zero-order valence-electron chi connectivity index (χ0n) is 16.1. The molecule has 0 spiro atoms. The van der Waals surface area contributed by atoms with Crippen molar-refractivity contribution in [3.05, 3.63) is 0 Å². The molecule has 2 aliphatic heterocycles. The highest BCUT2D eigenvalue weighted by Gasteiger charge is 2.13. The minimum atomic E-state index is -0.0280. The summed E-state index contributed by atoms with van der Waals surface area (Å²) in [7, 11) is 0. The largest absolute Gasteiger partial charge is 0.353 e. The van der Waals surface area contributed by atoms with Gasteiger partial charge in [-0.25, -0.2) is 0 Å². The second kappa shape index (κ2) is 15.1. The first kappa shape index (κ1) is 21.3. The fraction of sp³-hybridized carbons (Fsp3) is 0.818. The summed E-state index contributed by atoms with van der Waals surface area (Å²) in [5, 5.41) is 0. The zero-order chi connectivity index (χ0) is 18.1. The Morgan fingerprint density at radius 1 is 0.615 bits per heavy atom. The Labute approximate surface area is 159 Å². The molecule has 0 radical (unpaired) electrons. The van der Waals surface area contributed by atoms with Crippen LogP contribution in [0.2, 0.25) is 0 Å². The van der Waals surface area contributed by atoms with Gasteiger partial charge in [0.25, 0.3) is 0 Å². The van der Waals surface area contributed by atoms with Gasteiger partial charge in [-0.3, -0.25) is 0 Å². The van der Waals surface area contributed by atoms with Crippen molar-refractivity contribution in [3.8, 4) is 23.7 Å². The van der Waals surface area contributed by atoms with Crippen molar-refractivity contribution in [1.29, 1.82) is 0 Å². The van der Waals surface area contributed by atoms with Gasteiger partial charge >= 0.3 is 0 Å². The maximum absolute atomic E-state index is 5.58. The summed E-state index contributed by atoms with van der Waals surface area (Å²) in [6.07, 6.45) is 13.3. The molecule has 0 aromatic heterocycles. The van der Waals surface area contributed by atoms with E-state index in [0.717, 1.165) is 64.6 Å². The topological polar surface area (TPSA) is 36.9 Å². The van der Waals surface area contributed by atoms with E-state index in [9.17, 15) is 0 Å². The van der Waals surface area contributed by atoms with Crippen molar-refractivity contribution < 1.29 is 18.9 Å². The fourth-order valence-corrected chi connectivity index (χ4v) is 3.01. The number of ether oxygens (including phenoxy) is 4. The quantitative estimate of drug-likeness (QED) is 0.449. The molecule has 26 heavy (non-hydrogen) atoms. The SMILES string of the molecule is C(#CCOC1CCCCO1)CCCCCCC#CCOC1CCCCO1. The van der Waals surface area contributed by atoms with E-state index in [2.05, 4.69) is 23.7 Å². The molecule has 2 fully saturated rings. The molecule has 0 aromatic carbocycles. The van der Waals surface area contributed by atoms with E-state index < -0.39 is 0 Å². The smallest absolute Gasteiger partial charge is 0.158 e. The number of rotatable bonds is 9. The third kappa shape index (κ3) is 10.8. The molecule has 0 aromatic rings. The normalized spacial score (nSPS) is 22.8. The van der Waals surface area contributed by atoms with Gasteiger partial charge in [-0.2, -0.15) is 0 Å². The second-order valence-corrected chi connectivity index (χ2v) is 6.84. The summed E-state index contributed by atoms with van der Waals surface area (Å²) in [5.74, 6) is 12.5. The predicted molar refractivity (Wildman–Crippen MR) is 102 cm³/mol. The van der Waals surface area contributed by atoms with Crippen molar-refractivity contribution in [3.63, 3.8) is 0 Å². The Morgan fingerprint density at radius 2 is 1.12 bits per heavy atom. The zero-order valence-corrected chi connectivity index (χ0v) is 16.1. The predicted octanol–water partition coefficient (Wildman–Crippen LogP) is 4.42. The average Bonchev–Trinajstić information content (AvgIpc) is 2.70. The molecule has 2 saturated heterocycles. The summed E-state index contributed by atoms with van der Waals surface area (Å²) < 4.78 is 22.2. The molecular weight excluding hydrogens is 328 g/mol. The Hall–Kier alpha value is -1.04. The van der Waals surface area contributed by atoms with Gasteiger partial charge in [0.15, 0.2) is 12.6 Å². The summed E-state index contributed by atoms with van der Waals surface area (Å²) in [5.41, 5.74) is 0. The molecule has 4 heteroatoms. The van der Waals surface area contributed by atoms with Gasteiger partial charge in [0.2, 0.25) is 0 Å². The third-order valence-electron chi connectivity index (χ3n) is 4.56. The van der Waals surface area contributed by atoms with Gasteiger partial charge < -0.3 is 18.9 Å². The number of hydrogen-bond donors (Lipinski definition) is 0. The molecule has 0 N–H and O–H groups in total. The molecule has 2 rings (SSSR count). The second-order valence-electron chi connectivity index (χ2n) is 6.84. The molecular formula is C22H34O4. The first-order valence-corrected chi connectivity index (χ1v) is 10.3. The van der Waals surface area contributed by atoms with Crippen LogP contribution in [0.15, 0.2) is 0 Å². The maximum Gasteiger partial charge on any atom is 0.158 e. The Kier molecular flexibility index (Phi) is 12.3. The lowest BCUT2D eigenvalue weighted by molar-refractivity contribution is -0.154. The molecule has 2 unspecified atom stereocenters. The molecule has 146 valence electrons. The van der Waals surface area contributed by atoms with Gasteiger partial charge in [0.1, 0.15) is 13.2 Å². The van der Waals surface area contributed by atoms with E-state index in [1.165, 1.54) is 25.7 Å². The summed E-state index contributed by atoms with van der Waals surface area (Å²) >= 11 is 0. The highest BCUT2D eigenvalue weighted by molar-refractivity contribution is 4.99. The van der Waals surface area contributed by atoms with Gasteiger partial charge in [-0.05, 0) is 51.4 Å². The third-order valence-corrected chi connectivity index (χ3v) is 4.56. The molecule has 2 aliphatic rings. The minimum Gasteiger partial charge on any atom is -0.353 e. The number of hydrogen-bond acceptors (Lipinski definition) is 4. The summed E-state index contributed by atoms with van der Waals surface area (Å²) in [4.78, 5) is 0. The lowest BCUT2D eigenvalue weighted by atomic mass is 10.1. The van der Waals surface area contributed by atoms with Crippen LogP contribution in [0.25, 0.3) is 0 Å².